The van der Waals surface area contributed by atoms with Crippen molar-refractivity contribution in [2.75, 3.05) is 25.1 Å². The molecule has 0 aliphatic rings. The van der Waals surface area contributed by atoms with Gasteiger partial charge in [0, 0.05) is 18.8 Å². The zero-order valence-corrected chi connectivity index (χ0v) is 12.2. The lowest BCUT2D eigenvalue weighted by Gasteiger charge is -2.13. The number of ether oxygens (including phenoxy) is 1. The Morgan fingerprint density at radius 3 is 2.84 bits per heavy atom. The van der Waals surface area contributed by atoms with Gasteiger partial charge in [-0.1, -0.05) is 38.3 Å². The van der Waals surface area contributed by atoms with Gasteiger partial charge in [-0.05, 0) is 31.0 Å². The lowest BCUT2D eigenvalue weighted by atomic mass is 10.2. The molecule has 1 atom stereocenters. The standard InChI is InChI=1S/C16H27NO2/c1-3-4-5-6-10-19-13-16(18)12-17-15-9-7-8-14(2)11-15/h7-9,11,16-18H,3-6,10,12-13H2,1-2H3. The van der Waals surface area contributed by atoms with Crippen LogP contribution in [0.3, 0.4) is 0 Å². The fraction of sp³-hybridized carbons (Fsp3) is 0.625. The maximum absolute atomic E-state index is 9.79. The van der Waals surface area contributed by atoms with E-state index < -0.39 is 6.10 Å². The van der Waals surface area contributed by atoms with Gasteiger partial charge in [0.2, 0.25) is 0 Å². The van der Waals surface area contributed by atoms with Crippen molar-refractivity contribution in [3.8, 4) is 0 Å². The molecule has 1 aromatic rings. The first-order chi connectivity index (χ1) is 9.22. The van der Waals surface area contributed by atoms with Gasteiger partial charge in [0.15, 0.2) is 0 Å². The number of benzene rings is 1. The summed E-state index contributed by atoms with van der Waals surface area (Å²) in [6, 6.07) is 8.14. The third kappa shape index (κ3) is 7.85. The smallest absolute Gasteiger partial charge is 0.0945 e. The van der Waals surface area contributed by atoms with E-state index in [4.69, 9.17) is 4.74 Å². The summed E-state index contributed by atoms with van der Waals surface area (Å²) >= 11 is 0. The quantitative estimate of drug-likeness (QED) is 0.637. The molecule has 19 heavy (non-hydrogen) atoms. The molecule has 1 aromatic carbocycles. The molecule has 0 aromatic heterocycles. The molecule has 1 unspecified atom stereocenters. The average Bonchev–Trinajstić information content (AvgIpc) is 2.40. The van der Waals surface area contributed by atoms with Crippen LogP contribution in [0.5, 0.6) is 0 Å². The van der Waals surface area contributed by atoms with Crippen molar-refractivity contribution in [3.63, 3.8) is 0 Å². The number of unbranched alkanes of at least 4 members (excludes halogenated alkanes) is 3. The molecule has 0 fully saturated rings. The van der Waals surface area contributed by atoms with Gasteiger partial charge in [-0.3, -0.25) is 0 Å². The van der Waals surface area contributed by atoms with Gasteiger partial charge >= 0.3 is 0 Å². The summed E-state index contributed by atoms with van der Waals surface area (Å²) in [6.07, 6.45) is 4.36. The Labute approximate surface area is 117 Å². The van der Waals surface area contributed by atoms with E-state index in [1.54, 1.807) is 0 Å². The van der Waals surface area contributed by atoms with Crippen molar-refractivity contribution in [2.24, 2.45) is 0 Å². The number of aliphatic hydroxyl groups is 1. The minimum atomic E-state index is -0.452. The Morgan fingerprint density at radius 1 is 1.26 bits per heavy atom. The number of aryl methyl sites for hydroxylation is 1. The van der Waals surface area contributed by atoms with Crippen LogP contribution in [-0.2, 0) is 4.74 Å². The van der Waals surface area contributed by atoms with Crippen LogP contribution in [0.1, 0.15) is 38.2 Å². The molecular weight excluding hydrogens is 238 g/mol. The fourth-order valence-corrected chi connectivity index (χ4v) is 1.90. The van der Waals surface area contributed by atoms with E-state index in [9.17, 15) is 5.11 Å². The van der Waals surface area contributed by atoms with E-state index in [1.807, 2.05) is 12.1 Å². The molecule has 0 saturated carbocycles. The Balaban J connectivity index is 2.06. The van der Waals surface area contributed by atoms with Gasteiger partial charge in [-0.15, -0.1) is 0 Å². The molecule has 0 aliphatic carbocycles. The largest absolute Gasteiger partial charge is 0.389 e. The number of aliphatic hydroxyl groups excluding tert-OH is 1. The number of hydrogen-bond donors (Lipinski definition) is 2. The van der Waals surface area contributed by atoms with E-state index in [1.165, 1.54) is 24.8 Å². The van der Waals surface area contributed by atoms with E-state index in [-0.39, 0.29) is 0 Å². The molecule has 2 N–H and O–H groups in total. The second-order valence-corrected chi connectivity index (χ2v) is 5.04. The molecule has 108 valence electrons. The van der Waals surface area contributed by atoms with Crippen LogP contribution >= 0.6 is 0 Å². The molecule has 0 aliphatic heterocycles. The van der Waals surface area contributed by atoms with Gasteiger partial charge in [0.05, 0.1) is 12.7 Å². The third-order valence-corrected chi connectivity index (χ3v) is 3.01. The molecular formula is C16H27NO2. The Bertz CT molecular complexity index is 341. The Morgan fingerprint density at radius 2 is 2.11 bits per heavy atom. The number of nitrogens with one attached hydrogen (secondary N) is 1. The van der Waals surface area contributed by atoms with Crippen LogP contribution in [0, 0.1) is 6.92 Å². The molecule has 0 radical (unpaired) electrons. The predicted molar refractivity (Wildman–Crippen MR) is 80.6 cm³/mol. The molecule has 0 spiro atoms. The SMILES string of the molecule is CCCCCCOCC(O)CNc1cccc(C)c1. The van der Waals surface area contributed by atoms with E-state index in [0.29, 0.717) is 13.2 Å². The monoisotopic (exact) mass is 265 g/mol. The van der Waals surface area contributed by atoms with Crippen molar-refractivity contribution in [1.29, 1.82) is 0 Å². The van der Waals surface area contributed by atoms with Gasteiger partial charge in [-0.25, -0.2) is 0 Å². The first-order valence-corrected chi connectivity index (χ1v) is 7.28. The zero-order valence-electron chi connectivity index (χ0n) is 12.2. The molecule has 1 rings (SSSR count). The minimum absolute atomic E-state index is 0.408. The highest BCUT2D eigenvalue weighted by Gasteiger charge is 2.04. The van der Waals surface area contributed by atoms with Crippen molar-refractivity contribution in [1.82, 2.24) is 0 Å². The second-order valence-electron chi connectivity index (χ2n) is 5.04. The Kier molecular flexibility index (Phi) is 8.26. The molecule has 0 bridgehead atoms. The maximum Gasteiger partial charge on any atom is 0.0945 e. The first-order valence-electron chi connectivity index (χ1n) is 7.28. The van der Waals surface area contributed by atoms with Crippen molar-refractivity contribution >= 4 is 5.69 Å². The topological polar surface area (TPSA) is 41.5 Å². The molecule has 3 nitrogen and oxygen atoms in total. The van der Waals surface area contributed by atoms with Gasteiger partial charge < -0.3 is 15.2 Å². The molecule has 0 amide bonds. The highest BCUT2D eigenvalue weighted by Crippen LogP contribution is 2.09. The van der Waals surface area contributed by atoms with Crippen molar-refractivity contribution in [3.05, 3.63) is 29.8 Å². The normalized spacial score (nSPS) is 12.4. The van der Waals surface area contributed by atoms with Crippen LogP contribution in [0.25, 0.3) is 0 Å². The summed E-state index contributed by atoms with van der Waals surface area (Å²) in [7, 11) is 0. The van der Waals surface area contributed by atoms with Crippen molar-refractivity contribution < 1.29 is 9.84 Å². The van der Waals surface area contributed by atoms with Crippen LogP contribution in [0.15, 0.2) is 24.3 Å². The lowest BCUT2D eigenvalue weighted by molar-refractivity contribution is 0.0417. The highest BCUT2D eigenvalue weighted by molar-refractivity contribution is 5.45. The highest BCUT2D eigenvalue weighted by atomic mass is 16.5. The van der Waals surface area contributed by atoms with Crippen LogP contribution in [0.4, 0.5) is 5.69 Å². The summed E-state index contributed by atoms with van der Waals surface area (Å²) in [6.45, 7) is 5.94. The fourth-order valence-electron chi connectivity index (χ4n) is 1.90. The summed E-state index contributed by atoms with van der Waals surface area (Å²) in [5.74, 6) is 0. The van der Waals surface area contributed by atoms with Crippen LogP contribution < -0.4 is 5.32 Å². The predicted octanol–water partition coefficient (Wildman–Crippen LogP) is 3.36. The summed E-state index contributed by atoms with van der Waals surface area (Å²) < 4.78 is 5.46. The summed E-state index contributed by atoms with van der Waals surface area (Å²) in [5, 5.41) is 13.0. The summed E-state index contributed by atoms with van der Waals surface area (Å²) in [4.78, 5) is 0. The van der Waals surface area contributed by atoms with E-state index in [2.05, 4.69) is 31.3 Å². The first kappa shape index (κ1) is 16.0. The number of hydrogen-bond acceptors (Lipinski definition) is 3. The van der Waals surface area contributed by atoms with Gasteiger partial charge in [-0.2, -0.15) is 0 Å². The number of rotatable bonds is 10. The minimum Gasteiger partial charge on any atom is -0.389 e. The number of anilines is 1. The molecule has 0 saturated heterocycles. The van der Waals surface area contributed by atoms with Gasteiger partial charge in [0.25, 0.3) is 0 Å². The second kappa shape index (κ2) is 9.82. The molecule has 3 heteroatoms. The van der Waals surface area contributed by atoms with Gasteiger partial charge in [0.1, 0.15) is 0 Å². The Hall–Kier alpha value is -1.06. The lowest BCUT2D eigenvalue weighted by Crippen LogP contribution is -2.25. The maximum atomic E-state index is 9.79. The third-order valence-electron chi connectivity index (χ3n) is 3.01. The van der Waals surface area contributed by atoms with E-state index >= 15 is 0 Å². The summed E-state index contributed by atoms with van der Waals surface area (Å²) in [5.41, 5.74) is 2.26. The van der Waals surface area contributed by atoms with Crippen LogP contribution in [0.2, 0.25) is 0 Å². The van der Waals surface area contributed by atoms with Crippen LogP contribution in [-0.4, -0.2) is 31.0 Å². The zero-order chi connectivity index (χ0) is 13.9. The van der Waals surface area contributed by atoms with E-state index in [0.717, 1.165) is 18.7 Å². The average molecular weight is 265 g/mol. The van der Waals surface area contributed by atoms with Crippen molar-refractivity contribution in [2.45, 2.75) is 45.6 Å². The molecule has 0 heterocycles.